The summed E-state index contributed by atoms with van der Waals surface area (Å²) in [5.74, 6) is 2.67. The number of fused-ring (bicyclic) bond motifs is 2. The molecule has 7 heteroatoms. The molecule has 28 heavy (non-hydrogen) atoms. The molecule has 0 amide bonds. The summed E-state index contributed by atoms with van der Waals surface area (Å²) in [6.45, 7) is 4.30. The number of aromatic nitrogens is 2. The molecule has 0 saturated carbocycles. The predicted octanol–water partition coefficient (Wildman–Crippen LogP) is 2.06. The fraction of sp³-hybridized carbons (Fsp3) is 0.524. The molecule has 2 atom stereocenters. The van der Waals surface area contributed by atoms with Gasteiger partial charge in [-0.2, -0.15) is 0 Å². The van der Waals surface area contributed by atoms with Crippen molar-refractivity contribution in [1.29, 1.82) is 0 Å². The number of benzene rings is 1. The number of piperidine rings is 1. The van der Waals surface area contributed by atoms with E-state index in [9.17, 15) is 5.11 Å². The Balaban J connectivity index is 1.30. The summed E-state index contributed by atoms with van der Waals surface area (Å²) in [4.78, 5) is 11.5. The van der Waals surface area contributed by atoms with Crippen LogP contribution in [0.25, 0.3) is 0 Å². The quantitative estimate of drug-likeness (QED) is 0.869. The Kier molecular flexibility index (Phi) is 4.47. The molecule has 1 aliphatic carbocycles. The molecule has 7 nitrogen and oxygen atoms in total. The van der Waals surface area contributed by atoms with Crippen LogP contribution >= 0.6 is 0 Å². The first-order chi connectivity index (χ1) is 13.7. The average Bonchev–Trinajstić information content (AvgIpc) is 3.19. The first-order valence-electron chi connectivity index (χ1n) is 10.0. The number of nitrogens with zero attached hydrogens (tertiary/aromatic N) is 3. The second kappa shape index (κ2) is 7.13. The second-order valence-electron chi connectivity index (χ2n) is 7.63. The molecule has 0 unspecified atom stereocenters. The fourth-order valence-corrected chi connectivity index (χ4v) is 4.28. The van der Waals surface area contributed by atoms with Crippen molar-refractivity contribution in [2.24, 2.45) is 0 Å². The average molecular weight is 383 g/mol. The van der Waals surface area contributed by atoms with Crippen molar-refractivity contribution in [3.63, 3.8) is 0 Å². The van der Waals surface area contributed by atoms with Gasteiger partial charge in [-0.1, -0.05) is 6.07 Å². The lowest BCUT2D eigenvalue weighted by Crippen LogP contribution is -2.49. The van der Waals surface area contributed by atoms with Crippen molar-refractivity contribution in [2.75, 3.05) is 31.2 Å². The van der Waals surface area contributed by atoms with E-state index >= 15 is 0 Å². The number of hydrogen-bond donors (Lipinski definition) is 1. The largest absolute Gasteiger partial charge is 0.486 e. The van der Waals surface area contributed by atoms with Gasteiger partial charge in [0.2, 0.25) is 11.7 Å². The van der Waals surface area contributed by atoms with Crippen LogP contribution in [0.15, 0.2) is 18.2 Å². The molecule has 1 aromatic heterocycles. The predicted molar refractivity (Wildman–Crippen MR) is 103 cm³/mol. The summed E-state index contributed by atoms with van der Waals surface area (Å²) < 4.78 is 17.5. The third-order valence-corrected chi connectivity index (χ3v) is 5.74. The van der Waals surface area contributed by atoms with Crippen LogP contribution in [-0.4, -0.2) is 53.6 Å². The molecule has 0 radical (unpaired) electrons. The van der Waals surface area contributed by atoms with Gasteiger partial charge in [-0.15, -0.1) is 0 Å². The van der Waals surface area contributed by atoms with Crippen LogP contribution < -0.4 is 19.1 Å². The third kappa shape index (κ3) is 3.13. The van der Waals surface area contributed by atoms with Crippen LogP contribution in [0.5, 0.6) is 17.2 Å². The Bertz CT molecular complexity index is 888. The molecule has 0 bridgehead atoms. The van der Waals surface area contributed by atoms with E-state index in [1.54, 1.807) is 0 Å². The minimum Gasteiger partial charge on any atom is -0.486 e. The van der Waals surface area contributed by atoms with Crippen molar-refractivity contribution in [2.45, 2.75) is 44.8 Å². The number of para-hydroxylation sites is 1. The highest BCUT2D eigenvalue weighted by molar-refractivity contribution is 5.52. The summed E-state index contributed by atoms with van der Waals surface area (Å²) in [7, 11) is 0. The van der Waals surface area contributed by atoms with Gasteiger partial charge in [0.15, 0.2) is 11.5 Å². The van der Waals surface area contributed by atoms with Crippen LogP contribution in [0.3, 0.4) is 0 Å². The molecule has 148 valence electrons. The monoisotopic (exact) mass is 383 g/mol. The molecule has 3 aliphatic rings. The van der Waals surface area contributed by atoms with Gasteiger partial charge in [0, 0.05) is 24.4 Å². The first-order valence-corrected chi connectivity index (χ1v) is 10.0. The highest BCUT2D eigenvalue weighted by atomic mass is 16.6. The lowest BCUT2D eigenvalue weighted by atomic mass is 10.0. The van der Waals surface area contributed by atoms with E-state index in [0.29, 0.717) is 43.4 Å². The van der Waals surface area contributed by atoms with E-state index < -0.39 is 6.10 Å². The molecular weight excluding hydrogens is 358 g/mol. The van der Waals surface area contributed by atoms with E-state index in [1.165, 1.54) is 11.3 Å². The van der Waals surface area contributed by atoms with Gasteiger partial charge in [0.25, 0.3) is 0 Å². The van der Waals surface area contributed by atoms with Crippen molar-refractivity contribution in [3.8, 4) is 17.2 Å². The molecule has 3 heterocycles. The molecular formula is C21H25N3O4. The van der Waals surface area contributed by atoms with Crippen molar-refractivity contribution >= 4 is 5.95 Å². The summed E-state index contributed by atoms with van der Waals surface area (Å²) in [5, 5.41) is 10.7. The molecule has 0 spiro atoms. The fourth-order valence-electron chi connectivity index (χ4n) is 4.28. The number of aliphatic hydroxyl groups excluding tert-OH is 1. The van der Waals surface area contributed by atoms with Crippen molar-refractivity contribution < 1.29 is 19.3 Å². The molecule has 1 aromatic carbocycles. The Morgan fingerprint density at radius 2 is 2.07 bits per heavy atom. The number of rotatable bonds is 3. The molecule has 2 aromatic rings. The minimum absolute atomic E-state index is 0.302. The maximum atomic E-state index is 10.7. The van der Waals surface area contributed by atoms with Crippen LogP contribution in [-0.2, 0) is 12.8 Å². The van der Waals surface area contributed by atoms with Gasteiger partial charge in [0.1, 0.15) is 25.4 Å². The Morgan fingerprint density at radius 3 is 2.96 bits per heavy atom. The van der Waals surface area contributed by atoms with Crippen LogP contribution in [0.2, 0.25) is 0 Å². The van der Waals surface area contributed by atoms with Crippen molar-refractivity contribution in [3.05, 3.63) is 35.2 Å². The number of hydrogen-bond acceptors (Lipinski definition) is 7. The third-order valence-electron chi connectivity index (χ3n) is 5.74. The number of aryl methyl sites for hydroxylation is 2. The van der Waals surface area contributed by atoms with Crippen LogP contribution in [0, 0.1) is 6.92 Å². The van der Waals surface area contributed by atoms with Crippen LogP contribution in [0.4, 0.5) is 5.95 Å². The number of β-amino-alcohol motifs (C(OH)–C–C–N with tert-alkyl or cyclic N) is 1. The minimum atomic E-state index is -0.633. The van der Waals surface area contributed by atoms with Gasteiger partial charge in [-0.25, -0.2) is 9.97 Å². The summed E-state index contributed by atoms with van der Waals surface area (Å²) >= 11 is 0. The van der Waals surface area contributed by atoms with Crippen LogP contribution in [0.1, 0.15) is 29.8 Å². The van der Waals surface area contributed by atoms with E-state index in [-0.39, 0.29) is 6.10 Å². The van der Waals surface area contributed by atoms with Gasteiger partial charge in [-0.05, 0) is 43.9 Å². The number of aliphatic hydroxyl groups is 1. The summed E-state index contributed by atoms with van der Waals surface area (Å²) in [6, 6.07) is 5.61. The maximum Gasteiger partial charge on any atom is 0.225 e. The highest BCUT2D eigenvalue weighted by Crippen LogP contribution is 2.40. The van der Waals surface area contributed by atoms with E-state index in [2.05, 4.69) is 11.8 Å². The Hall–Kier alpha value is -2.54. The molecule has 1 saturated heterocycles. The molecule has 1 N–H and O–H groups in total. The number of ether oxygens (including phenoxy) is 3. The Labute approximate surface area is 164 Å². The molecule has 5 rings (SSSR count). The van der Waals surface area contributed by atoms with Gasteiger partial charge >= 0.3 is 0 Å². The normalized spacial score (nSPS) is 23.4. The highest BCUT2D eigenvalue weighted by Gasteiger charge is 2.32. The van der Waals surface area contributed by atoms with E-state index in [1.807, 2.05) is 18.2 Å². The second-order valence-corrected chi connectivity index (χ2v) is 7.63. The standard InChI is InChI=1S/C21H25N3O4/c1-13-14-4-2-5-15(14)23-21(22-13)24-9-8-17(16(25)12-24)28-19-7-3-6-18-20(19)27-11-10-26-18/h3,6-7,16-17,25H,2,4-5,8-12H2,1H3/t16-,17-/m1/s1. The van der Waals surface area contributed by atoms with Gasteiger partial charge in [-0.3, -0.25) is 0 Å². The summed E-state index contributed by atoms with van der Waals surface area (Å²) in [5.41, 5.74) is 3.54. The smallest absolute Gasteiger partial charge is 0.225 e. The van der Waals surface area contributed by atoms with E-state index in [0.717, 1.165) is 37.4 Å². The van der Waals surface area contributed by atoms with Gasteiger partial charge < -0.3 is 24.2 Å². The lowest BCUT2D eigenvalue weighted by molar-refractivity contribution is 0.0208. The number of anilines is 1. The topological polar surface area (TPSA) is 76.9 Å². The zero-order chi connectivity index (χ0) is 19.1. The Morgan fingerprint density at radius 1 is 1.18 bits per heavy atom. The SMILES string of the molecule is Cc1nc(N2CC[C@@H](Oc3cccc4c3OCCO4)[C@H](O)C2)nc2c1CCC2. The zero-order valence-corrected chi connectivity index (χ0v) is 16.1. The van der Waals surface area contributed by atoms with E-state index in [4.69, 9.17) is 24.2 Å². The van der Waals surface area contributed by atoms with Crippen molar-refractivity contribution in [1.82, 2.24) is 9.97 Å². The van der Waals surface area contributed by atoms with Gasteiger partial charge in [0.05, 0.1) is 6.54 Å². The molecule has 2 aliphatic heterocycles. The maximum absolute atomic E-state index is 10.7. The first kappa shape index (κ1) is 17.6. The lowest BCUT2D eigenvalue weighted by Gasteiger charge is -2.36. The summed E-state index contributed by atoms with van der Waals surface area (Å²) in [6.07, 6.45) is 3.00. The molecule has 1 fully saturated rings. The zero-order valence-electron chi connectivity index (χ0n) is 16.1.